The van der Waals surface area contributed by atoms with Crippen molar-refractivity contribution in [2.24, 2.45) is 35.3 Å². The first kappa shape index (κ1) is 28.4. The molecule has 0 radical (unpaired) electrons. The van der Waals surface area contributed by atoms with Gasteiger partial charge in [-0.15, -0.1) is 0 Å². The number of phenols is 1. The van der Waals surface area contributed by atoms with Gasteiger partial charge in [-0.3, -0.25) is 28.9 Å². The predicted octanol–water partition coefficient (Wildman–Crippen LogP) is 2.27. The molecule has 2 aromatic rings. The number of carbonyl (C=O) groups excluding carboxylic acids is 5. The van der Waals surface area contributed by atoms with Gasteiger partial charge in [-0.2, -0.15) is 0 Å². The van der Waals surface area contributed by atoms with Crippen molar-refractivity contribution in [1.82, 2.24) is 4.90 Å². The number of amides is 1. The van der Waals surface area contributed by atoms with Crippen molar-refractivity contribution in [3.8, 4) is 16.9 Å². The maximum Gasteiger partial charge on any atom is 0.235 e. The van der Waals surface area contributed by atoms with Gasteiger partial charge in [0.1, 0.15) is 5.75 Å². The quantitative estimate of drug-likeness (QED) is 0.461. The van der Waals surface area contributed by atoms with E-state index in [4.69, 9.17) is 5.73 Å². The number of rotatable bonds is 5. The van der Waals surface area contributed by atoms with Crippen LogP contribution in [0.1, 0.15) is 53.6 Å². The number of primary amides is 1. The number of Topliss-reactive ketones (excluding diaryl/α,β-unsaturated/α-hetero) is 4. The Balaban J connectivity index is 1.39. The van der Waals surface area contributed by atoms with E-state index in [-0.39, 0.29) is 24.2 Å². The van der Waals surface area contributed by atoms with E-state index in [1.165, 1.54) is 42.2 Å². The number of aliphatic hydroxyl groups is 1. The molecule has 9 heteroatoms. The molecule has 4 aliphatic carbocycles. The van der Waals surface area contributed by atoms with E-state index in [9.17, 15) is 34.2 Å². The Hall–Kier alpha value is -3.69. The predicted molar refractivity (Wildman–Crippen MR) is 152 cm³/mol. The number of fused-ring (bicyclic) bond motifs is 3. The molecule has 0 spiro atoms. The zero-order chi connectivity index (χ0) is 30.1. The molecular weight excluding hydrogens is 536 g/mol. The lowest BCUT2D eigenvalue weighted by molar-refractivity contribution is -0.181. The fourth-order valence-electron chi connectivity index (χ4n) is 8.24. The summed E-state index contributed by atoms with van der Waals surface area (Å²) >= 11 is 0. The molecule has 6 rings (SSSR count). The highest BCUT2D eigenvalue weighted by atomic mass is 16.3. The van der Waals surface area contributed by atoms with Gasteiger partial charge in [0, 0.05) is 5.92 Å². The molecule has 3 saturated carbocycles. The third-order valence-corrected chi connectivity index (χ3v) is 10.2. The third-order valence-electron chi connectivity index (χ3n) is 10.2. The molecule has 3 fully saturated rings. The smallest absolute Gasteiger partial charge is 0.235 e. The lowest BCUT2D eigenvalue weighted by Crippen LogP contribution is -2.74. The Morgan fingerprint density at radius 3 is 2.29 bits per heavy atom. The van der Waals surface area contributed by atoms with Crippen molar-refractivity contribution in [3.63, 3.8) is 0 Å². The summed E-state index contributed by atoms with van der Waals surface area (Å²) in [4.78, 5) is 68.3. The average Bonchev–Trinajstić information content (AvgIpc) is 3.44. The third kappa shape index (κ3) is 4.16. The van der Waals surface area contributed by atoms with Gasteiger partial charge in [0.15, 0.2) is 34.7 Å². The van der Waals surface area contributed by atoms with Gasteiger partial charge in [0.2, 0.25) is 5.91 Å². The molecular formula is C33H36N2O7. The average molecular weight is 573 g/mol. The molecule has 4 aliphatic rings. The number of phenolic OH excluding ortho intramolecular Hbond substituents is 1. The Labute approximate surface area is 244 Å². The largest absolute Gasteiger partial charge is 0.507 e. The van der Waals surface area contributed by atoms with Gasteiger partial charge < -0.3 is 15.9 Å². The van der Waals surface area contributed by atoms with Gasteiger partial charge in [0.25, 0.3) is 0 Å². The minimum atomic E-state index is -2.72. The minimum Gasteiger partial charge on any atom is -0.507 e. The summed E-state index contributed by atoms with van der Waals surface area (Å²) < 4.78 is 0. The number of benzene rings is 2. The number of hydrogen-bond donors (Lipinski definition) is 3. The van der Waals surface area contributed by atoms with Gasteiger partial charge in [-0.05, 0) is 73.5 Å². The van der Waals surface area contributed by atoms with Crippen LogP contribution in [0, 0.1) is 29.6 Å². The van der Waals surface area contributed by atoms with Gasteiger partial charge in [-0.25, -0.2) is 0 Å². The molecule has 4 N–H and O–H groups in total. The zero-order valence-electron chi connectivity index (χ0n) is 23.8. The summed E-state index contributed by atoms with van der Waals surface area (Å²) in [5.41, 5.74) is 6.17. The molecule has 0 heterocycles. The second-order valence-corrected chi connectivity index (χ2v) is 12.8. The summed E-state index contributed by atoms with van der Waals surface area (Å²) in [6.45, 7) is 0. The Morgan fingerprint density at radius 1 is 1.00 bits per heavy atom. The highest BCUT2D eigenvalue weighted by Gasteiger charge is 2.69. The molecule has 42 heavy (non-hydrogen) atoms. The first-order valence-corrected chi connectivity index (χ1v) is 14.7. The van der Waals surface area contributed by atoms with Crippen LogP contribution in [0.4, 0.5) is 0 Å². The van der Waals surface area contributed by atoms with Crippen LogP contribution in [-0.4, -0.2) is 69.9 Å². The van der Waals surface area contributed by atoms with Crippen LogP contribution in [-0.2, 0) is 32.0 Å². The molecule has 0 saturated heterocycles. The Morgan fingerprint density at radius 2 is 1.67 bits per heavy atom. The van der Waals surface area contributed by atoms with E-state index in [1.807, 2.05) is 12.1 Å². The zero-order valence-corrected chi connectivity index (χ0v) is 23.8. The van der Waals surface area contributed by atoms with Crippen molar-refractivity contribution in [2.45, 2.75) is 56.6 Å². The molecule has 0 bridgehead atoms. The van der Waals surface area contributed by atoms with Crippen LogP contribution in [0.15, 0.2) is 36.4 Å². The van der Waals surface area contributed by atoms with Crippen molar-refractivity contribution >= 4 is 29.0 Å². The van der Waals surface area contributed by atoms with E-state index >= 15 is 0 Å². The lowest BCUT2D eigenvalue weighted by atomic mass is 9.52. The highest BCUT2D eigenvalue weighted by Crippen LogP contribution is 2.51. The molecule has 0 aromatic heterocycles. The SMILES string of the molecule is CN(C)[C@H]1C(=O)C(C(N)=O)C(=O)[C@]2(O)C(=O)C3C(=O)c4c(O)ccc(-c5ccc(CC6CCCC6)cc5)c4C[C@@H]3C[C@H]12. The number of nitrogens with zero attached hydrogens (tertiary/aromatic N) is 1. The van der Waals surface area contributed by atoms with Crippen molar-refractivity contribution in [1.29, 1.82) is 0 Å². The van der Waals surface area contributed by atoms with Crippen LogP contribution in [0.25, 0.3) is 11.1 Å². The monoisotopic (exact) mass is 572 g/mol. The first-order chi connectivity index (χ1) is 19.9. The number of ketones is 4. The van der Waals surface area contributed by atoms with Crippen LogP contribution >= 0.6 is 0 Å². The fourth-order valence-corrected chi connectivity index (χ4v) is 8.24. The van der Waals surface area contributed by atoms with E-state index in [0.717, 1.165) is 17.5 Å². The second kappa shape index (κ2) is 10.2. The van der Waals surface area contributed by atoms with E-state index in [1.54, 1.807) is 20.2 Å². The van der Waals surface area contributed by atoms with Crippen LogP contribution in [0.3, 0.4) is 0 Å². The topological polar surface area (TPSA) is 155 Å². The van der Waals surface area contributed by atoms with Gasteiger partial charge in [-0.1, -0.05) is 56.0 Å². The fraction of sp³-hybridized carbons (Fsp3) is 0.485. The highest BCUT2D eigenvalue weighted by molar-refractivity contribution is 6.32. The summed E-state index contributed by atoms with van der Waals surface area (Å²) in [7, 11) is 3.14. The summed E-state index contributed by atoms with van der Waals surface area (Å²) in [6.07, 6.45) is 6.36. The first-order valence-electron chi connectivity index (χ1n) is 14.7. The Kier molecular flexibility index (Phi) is 6.93. The molecule has 6 atom stereocenters. The number of aromatic hydroxyl groups is 1. The van der Waals surface area contributed by atoms with E-state index < -0.39 is 64.4 Å². The Bertz CT molecular complexity index is 1510. The van der Waals surface area contributed by atoms with E-state index in [0.29, 0.717) is 11.5 Å². The van der Waals surface area contributed by atoms with Crippen molar-refractivity contribution in [3.05, 3.63) is 53.1 Å². The number of likely N-dealkylation sites (N-methyl/N-ethyl adjacent to an activating group) is 1. The summed E-state index contributed by atoms with van der Waals surface area (Å²) in [5, 5.41) is 22.5. The number of nitrogens with two attached hydrogens (primary N) is 1. The van der Waals surface area contributed by atoms with Crippen LogP contribution < -0.4 is 5.73 Å². The molecule has 2 unspecified atom stereocenters. The van der Waals surface area contributed by atoms with Crippen LogP contribution in [0.5, 0.6) is 5.75 Å². The molecule has 2 aromatic carbocycles. The molecule has 220 valence electrons. The maximum atomic E-state index is 14.0. The summed E-state index contributed by atoms with van der Waals surface area (Å²) in [6, 6.07) is 10.3. The standard InChI is InChI=1S/C33H36N2O7/c1-35(2)27-22-15-19-14-21-20(18-9-7-17(8-10-18)13-16-5-3-4-6-16)11-12-23(36)25(21)28(37)24(19)30(39)33(22,42)31(40)26(29(27)38)32(34)41/h7-12,16,19,22,24,26-27,36,42H,3-6,13-15H2,1-2H3,(H2,34,41)/t19-,22-,24?,26?,27-,33-/m1/s1. The second-order valence-electron chi connectivity index (χ2n) is 12.8. The number of carbonyl (C=O) groups is 5. The van der Waals surface area contributed by atoms with Crippen molar-refractivity contribution in [2.75, 3.05) is 14.1 Å². The van der Waals surface area contributed by atoms with E-state index in [2.05, 4.69) is 12.1 Å². The minimum absolute atomic E-state index is 0.00845. The summed E-state index contributed by atoms with van der Waals surface area (Å²) in [5.74, 6) is -9.68. The van der Waals surface area contributed by atoms with Gasteiger partial charge >= 0.3 is 0 Å². The molecule has 1 amide bonds. The van der Waals surface area contributed by atoms with Crippen molar-refractivity contribution < 1.29 is 34.2 Å². The molecule has 9 nitrogen and oxygen atoms in total. The molecule has 0 aliphatic heterocycles. The number of hydrogen-bond acceptors (Lipinski definition) is 8. The van der Waals surface area contributed by atoms with Crippen LogP contribution in [0.2, 0.25) is 0 Å². The normalized spacial score (nSPS) is 31.2. The lowest BCUT2D eigenvalue weighted by Gasteiger charge is -2.52. The maximum absolute atomic E-state index is 14.0. The van der Waals surface area contributed by atoms with Gasteiger partial charge in [0.05, 0.1) is 17.5 Å².